The van der Waals surface area contributed by atoms with Gasteiger partial charge >= 0.3 is 0 Å². The zero-order valence-corrected chi connectivity index (χ0v) is 20.7. The summed E-state index contributed by atoms with van der Waals surface area (Å²) in [4.78, 5) is 27.8. The quantitative estimate of drug-likeness (QED) is 0.398. The van der Waals surface area contributed by atoms with Crippen LogP contribution in [0.2, 0.25) is 0 Å². The first-order valence-electron chi connectivity index (χ1n) is 12.1. The predicted molar refractivity (Wildman–Crippen MR) is 131 cm³/mol. The van der Waals surface area contributed by atoms with E-state index >= 15 is 0 Å². The molecule has 9 nitrogen and oxygen atoms in total. The highest BCUT2D eigenvalue weighted by molar-refractivity contribution is 5.96. The molecule has 2 amide bonds. The number of carbonyl (C=O) groups is 2. The zero-order valence-electron chi connectivity index (χ0n) is 20.7. The van der Waals surface area contributed by atoms with Crippen molar-refractivity contribution in [3.63, 3.8) is 0 Å². The number of amides is 2. The third kappa shape index (κ3) is 5.18. The SMILES string of the molecule is CCC(=O)N(Cc1ccc(F)cc1)C1C=C(C(=O)NCCO)C2c3cc(CO)cc(OC)c3OC2C1O. The van der Waals surface area contributed by atoms with Gasteiger partial charge in [-0.15, -0.1) is 0 Å². The fraction of sp³-hybridized carbons (Fsp3) is 0.407. The molecule has 1 aliphatic heterocycles. The fourth-order valence-corrected chi connectivity index (χ4v) is 4.97. The first-order valence-corrected chi connectivity index (χ1v) is 12.1. The van der Waals surface area contributed by atoms with E-state index in [-0.39, 0.29) is 44.2 Å². The third-order valence-electron chi connectivity index (χ3n) is 6.74. The second-order valence-corrected chi connectivity index (χ2v) is 9.02. The van der Waals surface area contributed by atoms with E-state index in [0.29, 0.717) is 28.2 Å². The Morgan fingerprint density at radius 2 is 1.89 bits per heavy atom. The largest absolute Gasteiger partial charge is 0.493 e. The molecule has 1 aliphatic carbocycles. The smallest absolute Gasteiger partial charge is 0.247 e. The van der Waals surface area contributed by atoms with Crippen LogP contribution in [0, 0.1) is 5.82 Å². The predicted octanol–water partition coefficient (Wildman–Crippen LogP) is 1.39. The molecule has 1 heterocycles. The van der Waals surface area contributed by atoms with Gasteiger partial charge in [0.1, 0.15) is 18.0 Å². The standard InChI is InChI=1S/C27H31FN2O7/c1-3-22(33)30(13-15-4-6-17(28)7-5-15)20-12-19(27(35)29-8-9-31)23-18-10-16(14-32)11-21(36-2)25(18)37-26(23)24(20)34/h4-7,10-12,20,23-24,26,31-32,34H,3,8-9,13-14H2,1-2H3,(H,29,35). The number of hydrogen-bond acceptors (Lipinski definition) is 7. The Balaban J connectivity index is 1.80. The van der Waals surface area contributed by atoms with Gasteiger partial charge in [0.15, 0.2) is 11.5 Å². The van der Waals surface area contributed by atoms with Gasteiger partial charge in [-0.05, 0) is 41.5 Å². The molecule has 0 fully saturated rings. The van der Waals surface area contributed by atoms with Crippen LogP contribution in [0.1, 0.15) is 36.0 Å². The molecule has 10 heteroatoms. The van der Waals surface area contributed by atoms with E-state index in [9.17, 15) is 29.3 Å². The Morgan fingerprint density at radius 3 is 2.51 bits per heavy atom. The number of aliphatic hydroxyl groups is 3. The van der Waals surface area contributed by atoms with Gasteiger partial charge < -0.3 is 35.0 Å². The summed E-state index contributed by atoms with van der Waals surface area (Å²) in [5, 5.41) is 33.2. The lowest BCUT2D eigenvalue weighted by atomic mass is 9.77. The molecule has 4 atom stereocenters. The molecule has 4 rings (SSSR count). The lowest BCUT2D eigenvalue weighted by Crippen LogP contribution is -2.55. The van der Waals surface area contributed by atoms with E-state index in [1.54, 1.807) is 37.3 Å². The molecule has 37 heavy (non-hydrogen) atoms. The van der Waals surface area contributed by atoms with Gasteiger partial charge in [0.2, 0.25) is 11.8 Å². The molecule has 4 N–H and O–H groups in total. The van der Waals surface area contributed by atoms with Crippen molar-refractivity contribution in [3.05, 3.63) is 70.6 Å². The number of nitrogens with one attached hydrogen (secondary N) is 1. The number of nitrogens with zero attached hydrogens (tertiary/aromatic N) is 1. The number of methoxy groups -OCH3 is 1. The van der Waals surface area contributed by atoms with Gasteiger partial charge in [-0.3, -0.25) is 9.59 Å². The molecule has 198 valence electrons. The van der Waals surface area contributed by atoms with E-state index in [1.165, 1.54) is 24.1 Å². The first kappa shape index (κ1) is 26.6. The van der Waals surface area contributed by atoms with E-state index in [1.807, 2.05) is 0 Å². The van der Waals surface area contributed by atoms with Gasteiger partial charge in [-0.1, -0.05) is 19.1 Å². The maximum absolute atomic E-state index is 13.5. The van der Waals surface area contributed by atoms with Crippen LogP contribution in [0.5, 0.6) is 11.5 Å². The normalized spacial score (nSPS) is 21.8. The van der Waals surface area contributed by atoms with Gasteiger partial charge in [-0.25, -0.2) is 4.39 Å². The molecule has 0 bridgehead atoms. The number of benzene rings is 2. The van der Waals surface area contributed by atoms with Crippen molar-refractivity contribution >= 4 is 11.8 Å². The summed E-state index contributed by atoms with van der Waals surface area (Å²) in [6.07, 6.45) is -0.438. The van der Waals surface area contributed by atoms with E-state index in [2.05, 4.69) is 5.32 Å². The van der Waals surface area contributed by atoms with Crippen molar-refractivity contribution in [2.24, 2.45) is 0 Å². The molecule has 0 radical (unpaired) electrons. The van der Waals surface area contributed by atoms with Crippen molar-refractivity contribution in [1.82, 2.24) is 10.2 Å². The molecular formula is C27H31FN2O7. The monoisotopic (exact) mass is 514 g/mol. The summed E-state index contributed by atoms with van der Waals surface area (Å²) in [7, 11) is 1.45. The van der Waals surface area contributed by atoms with Crippen LogP contribution in [0.4, 0.5) is 4.39 Å². The number of aliphatic hydroxyl groups excluding tert-OH is 3. The fourth-order valence-electron chi connectivity index (χ4n) is 4.97. The minimum atomic E-state index is -1.22. The summed E-state index contributed by atoms with van der Waals surface area (Å²) < 4.78 is 25.1. The maximum atomic E-state index is 13.5. The molecule has 0 aromatic heterocycles. The Bertz CT molecular complexity index is 1180. The molecular weight excluding hydrogens is 483 g/mol. The van der Waals surface area contributed by atoms with Crippen LogP contribution in [0.25, 0.3) is 0 Å². The molecule has 4 unspecified atom stereocenters. The Labute approximate surface area is 214 Å². The first-order chi connectivity index (χ1) is 17.8. The van der Waals surface area contributed by atoms with Crippen molar-refractivity contribution < 1.29 is 38.8 Å². The molecule has 0 saturated carbocycles. The highest BCUT2D eigenvalue weighted by atomic mass is 19.1. The number of carbonyl (C=O) groups excluding carboxylic acids is 2. The van der Waals surface area contributed by atoms with Crippen molar-refractivity contribution in [3.8, 4) is 11.5 Å². The highest BCUT2D eigenvalue weighted by Crippen LogP contribution is 2.51. The van der Waals surface area contributed by atoms with Gasteiger partial charge in [0.05, 0.1) is 32.3 Å². The molecule has 0 spiro atoms. The molecule has 2 aromatic rings. The number of hydrogen-bond donors (Lipinski definition) is 4. The van der Waals surface area contributed by atoms with Crippen LogP contribution >= 0.6 is 0 Å². The van der Waals surface area contributed by atoms with Crippen molar-refractivity contribution in [2.75, 3.05) is 20.3 Å². The highest BCUT2D eigenvalue weighted by Gasteiger charge is 2.51. The van der Waals surface area contributed by atoms with Crippen LogP contribution in [0.15, 0.2) is 48.0 Å². The number of halogens is 1. The van der Waals surface area contributed by atoms with E-state index in [4.69, 9.17) is 9.47 Å². The van der Waals surface area contributed by atoms with Crippen LogP contribution < -0.4 is 14.8 Å². The Morgan fingerprint density at radius 1 is 1.16 bits per heavy atom. The summed E-state index contributed by atoms with van der Waals surface area (Å²) in [6, 6.07) is 8.11. The zero-order chi connectivity index (χ0) is 26.7. The second-order valence-electron chi connectivity index (χ2n) is 9.02. The van der Waals surface area contributed by atoms with Crippen LogP contribution in [-0.4, -0.2) is 70.5 Å². The van der Waals surface area contributed by atoms with Gasteiger partial charge in [-0.2, -0.15) is 0 Å². The lowest BCUT2D eigenvalue weighted by molar-refractivity contribution is -0.137. The van der Waals surface area contributed by atoms with E-state index < -0.39 is 35.9 Å². The average molecular weight is 515 g/mol. The minimum absolute atomic E-state index is 0.0156. The average Bonchev–Trinajstić information content (AvgIpc) is 3.31. The number of ether oxygens (including phenoxy) is 2. The van der Waals surface area contributed by atoms with Crippen LogP contribution in [-0.2, 0) is 22.7 Å². The summed E-state index contributed by atoms with van der Waals surface area (Å²) in [6.45, 7) is 1.26. The third-order valence-corrected chi connectivity index (χ3v) is 6.74. The minimum Gasteiger partial charge on any atom is -0.493 e. The maximum Gasteiger partial charge on any atom is 0.247 e. The van der Waals surface area contributed by atoms with Gasteiger partial charge in [0.25, 0.3) is 0 Å². The Kier molecular flexibility index (Phi) is 8.11. The summed E-state index contributed by atoms with van der Waals surface area (Å²) in [5.74, 6) is -1.16. The van der Waals surface area contributed by atoms with Crippen molar-refractivity contribution in [2.45, 2.75) is 50.7 Å². The Hall–Kier alpha value is -3.47. The van der Waals surface area contributed by atoms with Crippen molar-refractivity contribution in [1.29, 1.82) is 0 Å². The molecule has 0 saturated heterocycles. The summed E-state index contributed by atoms with van der Waals surface area (Å²) >= 11 is 0. The molecule has 2 aromatic carbocycles. The molecule has 2 aliphatic rings. The number of rotatable bonds is 9. The topological polar surface area (TPSA) is 129 Å². The van der Waals surface area contributed by atoms with E-state index in [0.717, 1.165) is 0 Å². The lowest BCUT2D eigenvalue weighted by Gasteiger charge is -2.40. The second kappa shape index (κ2) is 11.3. The van der Waals surface area contributed by atoms with Gasteiger partial charge in [0, 0.05) is 30.6 Å². The van der Waals surface area contributed by atoms with Crippen LogP contribution in [0.3, 0.4) is 0 Å². The summed E-state index contributed by atoms with van der Waals surface area (Å²) in [5.41, 5.74) is 2.04. The number of fused-ring (bicyclic) bond motifs is 3.